The Balaban J connectivity index is 1.59. The van der Waals surface area contributed by atoms with E-state index in [9.17, 15) is 13.2 Å². The molecule has 0 unspecified atom stereocenters. The first kappa shape index (κ1) is 19.6. The molecule has 0 atom stereocenters. The molecule has 0 radical (unpaired) electrons. The molecule has 0 spiro atoms. The lowest BCUT2D eigenvalue weighted by molar-refractivity contribution is 0.0942. The Morgan fingerprint density at radius 1 is 1.11 bits per heavy atom. The van der Waals surface area contributed by atoms with Crippen molar-refractivity contribution in [2.45, 2.75) is 30.8 Å². The van der Waals surface area contributed by atoms with Gasteiger partial charge in [-0.25, -0.2) is 13.1 Å². The smallest absolute Gasteiger partial charge is 0.268 e. The van der Waals surface area contributed by atoms with Crippen LogP contribution in [0.15, 0.2) is 41.4 Å². The first-order chi connectivity index (χ1) is 12.9. The van der Waals surface area contributed by atoms with Crippen LogP contribution < -0.4 is 10.0 Å². The number of carbonyl (C=O) groups excluding carboxylic acids is 1. The molecule has 1 amide bonds. The van der Waals surface area contributed by atoms with Crippen molar-refractivity contribution in [3.63, 3.8) is 0 Å². The molecule has 3 rings (SSSR count). The summed E-state index contributed by atoms with van der Waals surface area (Å²) in [6.45, 7) is 3.69. The summed E-state index contributed by atoms with van der Waals surface area (Å²) in [7, 11) is -0.578. The Labute approximate surface area is 160 Å². The van der Waals surface area contributed by atoms with Gasteiger partial charge in [0, 0.05) is 26.3 Å². The predicted octanol–water partition coefficient (Wildman–Crippen LogP) is 1.46. The SMILES string of the molecule is CNS(=O)(=O)c1cc(C(=O)NCc2ccc(CN3CCCC3)cc2)n(C)c1. The summed E-state index contributed by atoms with van der Waals surface area (Å²) >= 11 is 0. The van der Waals surface area contributed by atoms with Crippen LogP contribution in [0.2, 0.25) is 0 Å². The number of aromatic nitrogens is 1. The van der Waals surface area contributed by atoms with E-state index in [2.05, 4.69) is 27.1 Å². The third-order valence-electron chi connectivity index (χ3n) is 4.87. The average molecular weight is 391 g/mol. The maximum absolute atomic E-state index is 12.4. The topological polar surface area (TPSA) is 83.4 Å². The second-order valence-corrected chi connectivity index (χ2v) is 8.75. The largest absolute Gasteiger partial charge is 0.347 e. The van der Waals surface area contributed by atoms with Crippen LogP contribution in [0.25, 0.3) is 0 Å². The summed E-state index contributed by atoms with van der Waals surface area (Å²) in [5.74, 6) is -0.309. The summed E-state index contributed by atoms with van der Waals surface area (Å²) in [5.41, 5.74) is 2.58. The molecule has 1 saturated heterocycles. The third kappa shape index (κ3) is 4.77. The quantitative estimate of drug-likeness (QED) is 0.750. The van der Waals surface area contributed by atoms with E-state index in [1.54, 1.807) is 7.05 Å². The van der Waals surface area contributed by atoms with Gasteiger partial charge in [0.05, 0.1) is 0 Å². The van der Waals surface area contributed by atoms with Crippen molar-refractivity contribution in [1.82, 2.24) is 19.5 Å². The fourth-order valence-electron chi connectivity index (χ4n) is 3.26. The van der Waals surface area contributed by atoms with Crippen LogP contribution in [-0.2, 0) is 30.2 Å². The van der Waals surface area contributed by atoms with E-state index in [0.29, 0.717) is 12.2 Å². The van der Waals surface area contributed by atoms with Crippen LogP contribution in [0, 0.1) is 0 Å². The average Bonchev–Trinajstić information content (AvgIpc) is 3.31. The molecule has 2 aromatic rings. The monoisotopic (exact) mass is 390 g/mol. The lowest BCUT2D eigenvalue weighted by Gasteiger charge is -2.14. The van der Waals surface area contributed by atoms with Gasteiger partial charge in [-0.2, -0.15) is 0 Å². The van der Waals surface area contributed by atoms with Crippen molar-refractivity contribution in [2.75, 3.05) is 20.1 Å². The fourth-order valence-corrected chi connectivity index (χ4v) is 4.06. The zero-order valence-electron chi connectivity index (χ0n) is 15.7. The van der Waals surface area contributed by atoms with Crippen LogP contribution in [0.1, 0.15) is 34.5 Å². The molecule has 1 aromatic heterocycles. The number of likely N-dealkylation sites (tertiary alicyclic amines) is 1. The molecular weight excluding hydrogens is 364 g/mol. The Kier molecular flexibility index (Phi) is 5.98. The molecule has 0 saturated carbocycles. The Hall–Kier alpha value is -2.16. The van der Waals surface area contributed by atoms with Gasteiger partial charge in [0.2, 0.25) is 10.0 Å². The van der Waals surface area contributed by atoms with Crippen molar-refractivity contribution < 1.29 is 13.2 Å². The van der Waals surface area contributed by atoms with Gasteiger partial charge < -0.3 is 9.88 Å². The molecule has 146 valence electrons. The van der Waals surface area contributed by atoms with Gasteiger partial charge in [-0.15, -0.1) is 0 Å². The van der Waals surface area contributed by atoms with E-state index < -0.39 is 10.0 Å². The van der Waals surface area contributed by atoms with E-state index in [4.69, 9.17) is 0 Å². The lowest BCUT2D eigenvalue weighted by atomic mass is 10.1. The Morgan fingerprint density at radius 2 is 1.74 bits per heavy atom. The van der Waals surface area contributed by atoms with Crippen LogP contribution >= 0.6 is 0 Å². The number of hydrogen-bond donors (Lipinski definition) is 2. The molecule has 2 heterocycles. The standard InChI is InChI=1S/C19H26N4O3S/c1-20-27(25,26)17-11-18(22(2)14-17)19(24)21-12-15-5-7-16(8-6-15)13-23-9-3-4-10-23/h5-8,11,14,20H,3-4,9-10,12-13H2,1-2H3,(H,21,24). The first-order valence-electron chi connectivity index (χ1n) is 9.07. The van der Waals surface area contributed by atoms with Gasteiger partial charge in [0.25, 0.3) is 5.91 Å². The molecule has 1 aliphatic heterocycles. The zero-order valence-corrected chi connectivity index (χ0v) is 16.6. The second kappa shape index (κ2) is 8.24. The number of benzene rings is 1. The molecule has 0 bridgehead atoms. The van der Waals surface area contributed by atoms with E-state index in [1.165, 1.54) is 55.4 Å². The number of carbonyl (C=O) groups is 1. The van der Waals surface area contributed by atoms with Crippen LogP contribution in [0.5, 0.6) is 0 Å². The highest BCUT2D eigenvalue weighted by molar-refractivity contribution is 7.89. The number of aryl methyl sites for hydroxylation is 1. The molecule has 27 heavy (non-hydrogen) atoms. The van der Waals surface area contributed by atoms with Crippen LogP contribution in [0.4, 0.5) is 0 Å². The minimum absolute atomic E-state index is 0.0731. The molecular formula is C19H26N4O3S. The Bertz CT molecular complexity index is 898. The van der Waals surface area contributed by atoms with Crippen molar-refractivity contribution in [3.05, 3.63) is 53.3 Å². The number of amides is 1. The Morgan fingerprint density at radius 3 is 2.37 bits per heavy atom. The third-order valence-corrected chi connectivity index (χ3v) is 6.25. The van der Waals surface area contributed by atoms with Gasteiger partial charge in [-0.1, -0.05) is 24.3 Å². The van der Waals surface area contributed by atoms with Gasteiger partial charge in [-0.05, 0) is 50.2 Å². The van der Waals surface area contributed by atoms with Crippen LogP contribution in [-0.4, -0.2) is 43.9 Å². The number of sulfonamides is 1. The summed E-state index contributed by atoms with van der Waals surface area (Å²) in [6.07, 6.45) is 3.98. The molecule has 0 aliphatic carbocycles. The van der Waals surface area contributed by atoms with Crippen molar-refractivity contribution in [3.8, 4) is 0 Å². The first-order valence-corrected chi connectivity index (χ1v) is 10.6. The fraction of sp³-hybridized carbons (Fsp3) is 0.421. The highest BCUT2D eigenvalue weighted by atomic mass is 32.2. The molecule has 1 aromatic carbocycles. The maximum atomic E-state index is 12.4. The van der Waals surface area contributed by atoms with Gasteiger partial charge >= 0.3 is 0 Å². The van der Waals surface area contributed by atoms with Crippen molar-refractivity contribution in [2.24, 2.45) is 7.05 Å². The van der Waals surface area contributed by atoms with Crippen molar-refractivity contribution >= 4 is 15.9 Å². The molecule has 2 N–H and O–H groups in total. The van der Waals surface area contributed by atoms with Gasteiger partial charge in [0.1, 0.15) is 10.6 Å². The van der Waals surface area contributed by atoms with E-state index >= 15 is 0 Å². The number of hydrogen-bond acceptors (Lipinski definition) is 4. The van der Waals surface area contributed by atoms with Crippen molar-refractivity contribution in [1.29, 1.82) is 0 Å². The van der Waals surface area contributed by atoms with E-state index in [0.717, 1.165) is 12.1 Å². The molecule has 1 fully saturated rings. The molecule has 7 nitrogen and oxygen atoms in total. The minimum Gasteiger partial charge on any atom is -0.347 e. The van der Waals surface area contributed by atoms with Crippen LogP contribution in [0.3, 0.4) is 0 Å². The highest BCUT2D eigenvalue weighted by Crippen LogP contribution is 2.15. The maximum Gasteiger partial charge on any atom is 0.268 e. The number of nitrogens with one attached hydrogen (secondary N) is 2. The highest BCUT2D eigenvalue weighted by Gasteiger charge is 2.19. The minimum atomic E-state index is -3.57. The predicted molar refractivity (Wildman–Crippen MR) is 104 cm³/mol. The van der Waals surface area contributed by atoms with Gasteiger partial charge in [0.15, 0.2) is 0 Å². The zero-order chi connectivity index (χ0) is 19.4. The summed E-state index contributed by atoms with van der Waals surface area (Å²) in [4.78, 5) is 14.9. The molecule has 1 aliphatic rings. The normalized spacial score (nSPS) is 15.2. The lowest BCUT2D eigenvalue weighted by Crippen LogP contribution is -2.24. The van der Waals surface area contributed by atoms with E-state index in [-0.39, 0.29) is 10.8 Å². The van der Waals surface area contributed by atoms with E-state index in [1.807, 2.05) is 12.1 Å². The second-order valence-electron chi connectivity index (χ2n) is 6.86. The number of rotatable bonds is 7. The van der Waals surface area contributed by atoms with Gasteiger partial charge in [-0.3, -0.25) is 9.69 Å². The molecule has 8 heteroatoms. The summed E-state index contributed by atoms with van der Waals surface area (Å²) in [6, 6.07) is 9.61. The summed E-state index contributed by atoms with van der Waals surface area (Å²) < 4.78 is 27.5. The summed E-state index contributed by atoms with van der Waals surface area (Å²) in [5, 5.41) is 2.85. The number of nitrogens with zero attached hydrogens (tertiary/aromatic N) is 2.